The van der Waals surface area contributed by atoms with Gasteiger partial charge in [-0.3, -0.25) is 0 Å². The molecule has 0 aliphatic carbocycles. The molecule has 1 aromatic heterocycles. The first-order chi connectivity index (χ1) is 6.76. The Morgan fingerprint density at radius 2 is 2.50 bits per heavy atom. The van der Waals surface area contributed by atoms with Gasteiger partial charge in [-0.25, -0.2) is 0 Å². The monoisotopic (exact) mass is 393 g/mol. The van der Waals surface area contributed by atoms with Crippen molar-refractivity contribution in [2.24, 2.45) is 4.99 Å². The Hall–Kier alpha value is 0.0783. The Labute approximate surface area is 103 Å². The molecule has 0 atom stereocenters. The van der Waals surface area contributed by atoms with E-state index in [-0.39, 0.29) is 0 Å². The quantitative estimate of drug-likeness (QED) is 0.445. The summed E-state index contributed by atoms with van der Waals surface area (Å²) in [4.78, 5) is 9.25. The van der Waals surface area contributed by atoms with E-state index < -0.39 is 0 Å². The molecule has 0 radical (unpaired) electrons. The molecule has 2 nitrogen and oxygen atoms in total. The fraction of sp³-hybridized carbons (Fsp3) is 0.222. The molecule has 0 saturated heterocycles. The summed E-state index contributed by atoms with van der Waals surface area (Å²) >= 11 is 4.72. The molecule has 0 aliphatic heterocycles. The van der Waals surface area contributed by atoms with Crippen LogP contribution in [0.15, 0.2) is 27.2 Å². The summed E-state index contributed by atoms with van der Waals surface area (Å²) in [5, 5.41) is 0.936. The first-order valence-electron chi connectivity index (χ1n) is 3.82. The number of hydrogen-bond acceptors (Lipinski definition) is 4. The van der Waals surface area contributed by atoms with Gasteiger partial charge in [0.25, 0.3) is 0 Å². The summed E-state index contributed by atoms with van der Waals surface area (Å²) in [6.07, 6.45) is 5.70. The van der Waals surface area contributed by atoms with Crippen LogP contribution in [0.2, 0.25) is 0 Å². The fourth-order valence-electron chi connectivity index (χ4n) is 0.755. The van der Waals surface area contributed by atoms with Crippen LogP contribution >= 0.6 is 23.5 Å². The van der Waals surface area contributed by atoms with Crippen molar-refractivity contribution >= 4 is 33.0 Å². The third-order valence-electron chi connectivity index (χ3n) is 1.29. The second-order valence-electron chi connectivity index (χ2n) is 2.25. The van der Waals surface area contributed by atoms with Crippen LogP contribution in [0.25, 0.3) is 0 Å². The molecule has 0 N–H and O–H groups in total. The molecule has 14 heavy (non-hydrogen) atoms. The molecule has 0 aliphatic rings. The third-order valence-corrected chi connectivity index (χ3v) is 3.92. The van der Waals surface area contributed by atoms with E-state index >= 15 is 0 Å². The standard InChI is InChI=1S/C9H9N2S2.W/c1-10-5-6-13-8-3-4-11-9(7-8)12-2;/h3-5H,1-2H3;/q-1;. The molecule has 0 fully saturated rings. The van der Waals surface area contributed by atoms with Crippen molar-refractivity contribution in [2.75, 3.05) is 13.3 Å². The number of hydrogen-bond donors (Lipinski definition) is 0. The van der Waals surface area contributed by atoms with Crippen LogP contribution in [0.1, 0.15) is 0 Å². The minimum atomic E-state index is 0.936. The van der Waals surface area contributed by atoms with Crippen LogP contribution in [0.3, 0.4) is 0 Å². The fourth-order valence-corrected chi connectivity index (χ4v) is 3.20. The molecule has 1 heterocycles. The van der Waals surface area contributed by atoms with E-state index in [1.54, 1.807) is 30.6 Å². The van der Waals surface area contributed by atoms with Crippen molar-refractivity contribution < 1.29 is 19.4 Å². The molecule has 74 valence electrons. The summed E-state index contributed by atoms with van der Waals surface area (Å²) in [6, 6.07) is 5.20. The average Bonchev–Trinajstić information content (AvgIpc) is 2.18. The number of nitrogens with zero attached hydrogens (tertiary/aromatic N) is 2. The van der Waals surface area contributed by atoms with Gasteiger partial charge >= 0.3 is 104 Å². The molecule has 0 amide bonds. The first kappa shape index (κ1) is 12.1. The van der Waals surface area contributed by atoms with E-state index in [0.29, 0.717) is 0 Å². The number of aromatic nitrogens is 1. The van der Waals surface area contributed by atoms with Gasteiger partial charge in [-0.05, 0) is 0 Å². The minimum absolute atomic E-state index is 0.936. The Morgan fingerprint density at radius 1 is 1.71 bits per heavy atom. The van der Waals surface area contributed by atoms with Crippen LogP contribution in [0.5, 0.6) is 0 Å². The SMILES string of the molecule is CN=C[C](=[W])Sc1[c-]c(SC)ncc1. The van der Waals surface area contributed by atoms with Gasteiger partial charge in [0.1, 0.15) is 0 Å². The van der Waals surface area contributed by atoms with Crippen molar-refractivity contribution in [2.45, 2.75) is 9.92 Å². The van der Waals surface area contributed by atoms with E-state index in [0.717, 1.165) is 9.92 Å². The van der Waals surface area contributed by atoms with Crippen LogP contribution in [0.4, 0.5) is 0 Å². The molecular formula is C9H9N2S2W-. The average molecular weight is 393 g/mol. The van der Waals surface area contributed by atoms with Gasteiger partial charge < -0.3 is 0 Å². The van der Waals surface area contributed by atoms with Gasteiger partial charge in [-0.15, -0.1) is 0 Å². The molecule has 0 aromatic carbocycles. The van der Waals surface area contributed by atoms with Crippen molar-refractivity contribution in [3.8, 4) is 0 Å². The Morgan fingerprint density at radius 3 is 3.14 bits per heavy atom. The predicted molar refractivity (Wildman–Crippen MR) is 60.1 cm³/mol. The van der Waals surface area contributed by atoms with Crippen LogP contribution in [-0.2, 0) is 19.4 Å². The number of aliphatic imine (C=N–C) groups is 1. The molecule has 0 saturated carbocycles. The molecule has 1 aromatic rings. The van der Waals surface area contributed by atoms with Crippen molar-refractivity contribution in [3.05, 3.63) is 18.3 Å². The van der Waals surface area contributed by atoms with Gasteiger partial charge in [0.05, 0.1) is 0 Å². The van der Waals surface area contributed by atoms with E-state index in [2.05, 4.69) is 16.0 Å². The molecule has 1 rings (SSSR count). The zero-order chi connectivity index (χ0) is 10.4. The molecule has 5 heteroatoms. The second-order valence-corrected chi connectivity index (χ2v) is 6.74. The predicted octanol–water partition coefficient (Wildman–Crippen LogP) is 2.07. The van der Waals surface area contributed by atoms with Gasteiger partial charge in [0.15, 0.2) is 0 Å². The zero-order valence-electron chi connectivity index (χ0n) is 7.85. The van der Waals surface area contributed by atoms with E-state index in [1.165, 1.54) is 22.6 Å². The van der Waals surface area contributed by atoms with Crippen molar-refractivity contribution in [3.63, 3.8) is 0 Å². The molecule has 0 spiro atoms. The number of thioether (sulfide) groups is 2. The number of rotatable bonds is 4. The molecule has 0 unspecified atom stereocenters. The van der Waals surface area contributed by atoms with Crippen LogP contribution in [-0.4, -0.2) is 27.7 Å². The summed E-state index contributed by atoms with van der Waals surface area (Å²) in [6.45, 7) is 0. The maximum atomic E-state index is 4.17. The van der Waals surface area contributed by atoms with Crippen molar-refractivity contribution in [1.29, 1.82) is 0 Å². The van der Waals surface area contributed by atoms with Crippen LogP contribution < -0.4 is 0 Å². The van der Waals surface area contributed by atoms with E-state index in [1.807, 2.05) is 24.7 Å². The summed E-state index contributed by atoms with van der Waals surface area (Å²) < 4.78 is 1.24. The van der Waals surface area contributed by atoms with Gasteiger partial charge in [-0.1, -0.05) is 0 Å². The Bertz CT molecular complexity index is 352. The summed E-state index contributed by atoms with van der Waals surface area (Å²) in [5.74, 6) is 0. The van der Waals surface area contributed by atoms with E-state index in [9.17, 15) is 0 Å². The van der Waals surface area contributed by atoms with Gasteiger partial charge in [-0.2, -0.15) is 0 Å². The van der Waals surface area contributed by atoms with Gasteiger partial charge in [0.2, 0.25) is 0 Å². The summed E-state index contributed by atoms with van der Waals surface area (Å²) in [5.41, 5.74) is 0. The molecular weight excluding hydrogens is 384 g/mol. The maximum absolute atomic E-state index is 4.17. The second kappa shape index (κ2) is 6.54. The third kappa shape index (κ3) is 4.07. The normalized spacial score (nSPS) is 10.7. The molecule has 0 bridgehead atoms. The topological polar surface area (TPSA) is 25.2 Å². The Balaban J connectivity index is 2.71. The Kier molecular flexibility index (Phi) is 5.68. The van der Waals surface area contributed by atoms with E-state index in [4.69, 9.17) is 0 Å². The van der Waals surface area contributed by atoms with Gasteiger partial charge in [0, 0.05) is 0 Å². The number of pyridine rings is 1. The van der Waals surface area contributed by atoms with Crippen LogP contribution in [0, 0.1) is 6.07 Å². The summed E-state index contributed by atoms with van der Waals surface area (Å²) in [7, 11) is 1.78. The zero-order valence-corrected chi connectivity index (χ0v) is 12.4. The first-order valence-corrected chi connectivity index (χ1v) is 7.33. The van der Waals surface area contributed by atoms with Crippen molar-refractivity contribution in [1.82, 2.24) is 4.98 Å².